The Bertz CT molecular complexity index is 1090. The lowest BCUT2D eigenvalue weighted by Crippen LogP contribution is -2.16. The molecule has 1 aliphatic rings. The summed E-state index contributed by atoms with van der Waals surface area (Å²) >= 11 is 5.77. The lowest BCUT2D eigenvalue weighted by atomic mass is 10.0. The van der Waals surface area contributed by atoms with E-state index in [0.29, 0.717) is 41.2 Å². The Morgan fingerprint density at radius 3 is 2.59 bits per heavy atom. The van der Waals surface area contributed by atoms with E-state index in [0.717, 1.165) is 5.56 Å². The maximum atomic E-state index is 14.6. The number of carbonyl (C=O) groups excluding carboxylic acids is 1. The van der Waals surface area contributed by atoms with E-state index in [1.54, 1.807) is 12.4 Å². The summed E-state index contributed by atoms with van der Waals surface area (Å²) in [4.78, 5) is 21.2. The van der Waals surface area contributed by atoms with Crippen LogP contribution in [0.15, 0.2) is 42.7 Å². The van der Waals surface area contributed by atoms with Crippen LogP contribution in [-0.4, -0.2) is 15.9 Å². The number of aryl methyl sites for hydroxylation is 1. The first-order valence-corrected chi connectivity index (χ1v) is 9.43. The Labute approximate surface area is 171 Å². The first-order valence-electron chi connectivity index (χ1n) is 9.05. The fourth-order valence-corrected chi connectivity index (χ4v) is 3.65. The molecule has 29 heavy (non-hydrogen) atoms. The molecule has 8 heteroatoms. The van der Waals surface area contributed by atoms with Gasteiger partial charge in [-0.25, -0.2) is 18.7 Å². The van der Waals surface area contributed by atoms with Crippen molar-refractivity contribution in [1.29, 1.82) is 0 Å². The molecule has 148 valence electrons. The molecule has 2 N–H and O–H groups in total. The summed E-state index contributed by atoms with van der Waals surface area (Å²) in [6.45, 7) is 1.88. The van der Waals surface area contributed by atoms with Gasteiger partial charge in [-0.2, -0.15) is 0 Å². The van der Waals surface area contributed by atoms with Gasteiger partial charge in [0.05, 0.1) is 11.1 Å². The van der Waals surface area contributed by atoms with Crippen molar-refractivity contribution in [3.63, 3.8) is 0 Å². The zero-order valence-corrected chi connectivity index (χ0v) is 16.2. The number of fused-ring (bicyclic) bond motifs is 1. The number of halogens is 3. The van der Waals surface area contributed by atoms with Crippen molar-refractivity contribution in [3.05, 3.63) is 81.6 Å². The molecule has 1 aromatic heterocycles. The van der Waals surface area contributed by atoms with Gasteiger partial charge >= 0.3 is 0 Å². The smallest absolute Gasteiger partial charge is 0.255 e. The number of hydrogen-bond donors (Lipinski definition) is 2. The molecule has 0 fully saturated rings. The number of nitrogens with zero attached hydrogens (tertiary/aromatic N) is 2. The van der Waals surface area contributed by atoms with Crippen molar-refractivity contribution in [3.8, 4) is 0 Å². The second kappa shape index (κ2) is 7.75. The maximum Gasteiger partial charge on any atom is 0.255 e. The monoisotopic (exact) mass is 414 g/mol. The first-order chi connectivity index (χ1) is 13.9. The minimum Gasteiger partial charge on any atom is -0.347 e. The van der Waals surface area contributed by atoms with E-state index in [9.17, 15) is 13.6 Å². The molecule has 1 unspecified atom stereocenters. The molecular weight excluding hydrogens is 398 g/mol. The van der Waals surface area contributed by atoms with Crippen LogP contribution >= 0.6 is 11.6 Å². The molecule has 3 aromatic rings. The summed E-state index contributed by atoms with van der Waals surface area (Å²) < 4.78 is 27.9. The van der Waals surface area contributed by atoms with E-state index in [-0.39, 0.29) is 16.9 Å². The van der Waals surface area contributed by atoms with E-state index < -0.39 is 11.7 Å². The molecule has 5 nitrogen and oxygen atoms in total. The highest BCUT2D eigenvalue weighted by atomic mass is 35.5. The van der Waals surface area contributed by atoms with E-state index in [4.69, 9.17) is 11.6 Å². The Morgan fingerprint density at radius 2 is 1.86 bits per heavy atom. The average molecular weight is 415 g/mol. The number of hydrogen-bond acceptors (Lipinski definition) is 4. The summed E-state index contributed by atoms with van der Waals surface area (Å²) in [5.74, 6) is -0.956. The van der Waals surface area contributed by atoms with Gasteiger partial charge in [0.2, 0.25) is 5.95 Å². The Morgan fingerprint density at radius 1 is 1.14 bits per heavy atom. The van der Waals surface area contributed by atoms with Crippen LogP contribution < -0.4 is 10.6 Å². The van der Waals surface area contributed by atoms with Gasteiger partial charge in [-0.15, -0.1) is 0 Å². The summed E-state index contributed by atoms with van der Waals surface area (Å²) in [6, 6.07) is 6.33. The molecule has 0 radical (unpaired) electrons. The molecule has 1 atom stereocenters. The van der Waals surface area contributed by atoms with Gasteiger partial charge < -0.3 is 10.6 Å². The lowest BCUT2D eigenvalue weighted by Gasteiger charge is -2.16. The molecule has 0 saturated heterocycles. The molecule has 0 bridgehead atoms. The van der Waals surface area contributed by atoms with Gasteiger partial charge in [-0.05, 0) is 61.2 Å². The van der Waals surface area contributed by atoms with Crippen LogP contribution in [0, 0.1) is 18.6 Å². The third-order valence-electron chi connectivity index (χ3n) is 4.84. The van der Waals surface area contributed by atoms with E-state index in [2.05, 4.69) is 20.6 Å². The van der Waals surface area contributed by atoms with Crippen LogP contribution in [0.4, 0.5) is 20.4 Å². The van der Waals surface area contributed by atoms with Gasteiger partial charge in [-0.3, -0.25) is 4.79 Å². The number of anilines is 2. The Balaban J connectivity index is 1.60. The van der Waals surface area contributed by atoms with Crippen LogP contribution in [0.3, 0.4) is 0 Å². The largest absolute Gasteiger partial charge is 0.347 e. The fraction of sp³-hybridized carbons (Fsp3) is 0.190. The van der Waals surface area contributed by atoms with Crippen molar-refractivity contribution in [1.82, 2.24) is 9.97 Å². The van der Waals surface area contributed by atoms with Gasteiger partial charge in [0, 0.05) is 29.2 Å². The van der Waals surface area contributed by atoms with E-state index in [1.807, 2.05) is 6.92 Å². The number of rotatable bonds is 4. The molecule has 4 rings (SSSR count). The summed E-state index contributed by atoms with van der Waals surface area (Å²) in [6.07, 6.45) is 4.50. The highest BCUT2D eigenvalue weighted by Gasteiger charge is 2.30. The van der Waals surface area contributed by atoms with Crippen LogP contribution in [0.25, 0.3) is 0 Å². The third-order valence-corrected chi connectivity index (χ3v) is 5.13. The van der Waals surface area contributed by atoms with E-state index in [1.165, 1.54) is 30.3 Å². The molecule has 0 saturated carbocycles. The normalized spacial score (nSPS) is 15.1. The molecule has 0 spiro atoms. The highest BCUT2D eigenvalue weighted by molar-refractivity contribution is 6.31. The third kappa shape index (κ3) is 3.91. The van der Waals surface area contributed by atoms with Gasteiger partial charge in [0.25, 0.3) is 5.91 Å². The average Bonchev–Trinajstić information content (AvgIpc) is 3.11. The van der Waals surface area contributed by atoms with Gasteiger partial charge in [0.15, 0.2) is 0 Å². The van der Waals surface area contributed by atoms with Crippen molar-refractivity contribution in [2.75, 3.05) is 10.6 Å². The van der Waals surface area contributed by atoms with Crippen LogP contribution in [0.5, 0.6) is 0 Å². The minimum absolute atomic E-state index is 0.0884. The number of nitrogens with one attached hydrogen (secondary N) is 2. The Hall–Kier alpha value is -3.06. The van der Waals surface area contributed by atoms with Crippen LogP contribution in [0.2, 0.25) is 5.02 Å². The lowest BCUT2D eigenvalue weighted by molar-refractivity contribution is 0.102. The van der Waals surface area contributed by atoms with Crippen molar-refractivity contribution < 1.29 is 13.6 Å². The predicted molar refractivity (Wildman–Crippen MR) is 107 cm³/mol. The topological polar surface area (TPSA) is 66.9 Å². The molecule has 1 aliphatic carbocycles. The minimum atomic E-state index is -0.570. The fourth-order valence-electron chi connectivity index (χ4n) is 3.47. The maximum absolute atomic E-state index is 14.6. The second-order valence-corrected chi connectivity index (χ2v) is 7.30. The predicted octanol–water partition coefficient (Wildman–Crippen LogP) is 5.07. The number of amides is 1. The highest BCUT2D eigenvalue weighted by Crippen LogP contribution is 2.37. The molecule has 1 amide bonds. The summed E-state index contributed by atoms with van der Waals surface area (Å²) in [5.41, 5.74) is 2.74. The molecular formula is C21H17ClF2N4O. The Kier molecular flexibility index (Phi) is 5.15. The van der Waals surface area contributed by atoms with E-state index >= 15 is 0 Å². The SMILES string of the molecule is Cc1cnc(NC2CCc3c(C(=O)Nc4ccc(F)c(Cl)c4)ccc(F)c32)nc1. The molecule has 1 heterocycles. The van der Waals surface area contributed by atoms with Crippen molar-refractivity contribution >= 4 is 29.1 Å². The quantitative estimate of drug-likeness (QED) is 0.625. The number of benzene rings is 2. The number of aromatic nitrogens is 2. The molecule has 2 aromatic carbocycles. The van der Waals surface area contributed by atoms with Crippen molar-refractivity contribution in [2.45, 2.75) is 25.8 Å². The number of carbonyl (C=O) groups is 1. The second-order valence-electron chi connectivity index (χ2n) is 6.89. The van der Waals surface area contributed by atoms with Crippen molar-refractivity contribution in [2.24, 2.45) is 0 Å². The summed E-state index contributed by atoms with van der Waals surface area (Å²) in [5, 5.41) is 5.74. The van der Waals surface area contributed by atoms with Gasteiger partial charge in [-0.1, -0.05) is 11.6 Å². The van der Waals surface area contributed by atoms with Crippen LogP contribution in [-0.2, 0) is 6.42 Å². The van der Waals surface area contributed by atoms with Gasteiger partial charge in [0.1, 0.15) is 11.6 Å². The summed E-state index contributed by atoms with van der Waals surface area (Å²) in [7, 11) is 0. The van der Waals surface area contributed by atoms with Crippen LogP contribution in [0.1, 0.15) is 39.5 Å². The zero-order valence-electron chi connectivity index (χ0n) is 15.5. The first kappa shape index (κ1) is 19.3. The standard InChI is InChI=1S/C21H17ClF2N4O/c1-11-9-25-21(26-10-11)28-18-7-4-13-14(3-6-17(24)19(13)18)20(29)27-12-2-5-16(23)15(22)8-12/h2-3,5-6,8-10,18H,4,7H2,1H3,(H,27,29)(H,25,26,28). The zero-order chi connectivity index (χ0) is 20.5. The molecule has 0 aliphatic heterocycles.